The molecule has 0 aromatic heterocycles. The molecule has 2 aromatic rings. The third-order valence-corrected chi connectivity index (χ3v) is 3.22. The van der Waals surface area contributed by atoms with Gasteiger partial charge in [-0.1, -0.05) is 6.07 Å². The largest absolute Gasteiger partial charge is 0.497 e. The van der Waals surface area contributed by atoms with Gasteiger partial charge in [-0.3, -0.25) is 11.3 Å². The topological polar surface area (TPSA) is 47.3 Å². The molecule has 0 spiro atoms. The molecule has 0 radical (unpaired) electrons. The van der Waals surface area contributed by atoms with Crippen LogP contribution >= 0.6 is 0 Å². The summed E-state index contributed by atoms with van der Waals surface area (Å²) in [5.41, 5.74) is 2.79. The van der Waals surface area contributed by atoms with Gasteiger partial charge in [0, 0.05) is 11.6 Å². The summed E-state index contributed by atoms with van der Waals surface area (Å²) in [5, 5.41) is 0. The minimum Gasteiger partial charge on any atom is -0.497 e. The smallest absolute Gasteiger partial charge is 0.131 e. The Bertz CT molecular complexity index is 634. The Morgan fingerprint density at radius 3 is 2.48 bits per heavy atom. The molecule has 0 amide bonds. The number of ether oxygens (including phenoxy) is 1. The molecule has 0 bridgehead atoms. The molecule has 112 valence electrons. The molecule has 0 aliphatic carbocycles. The zero-order valence-corrected chi connectivity index (χ0v) is 11.4. The van der Waals surface area contributed by atoms with Gasteiger partial charge in [-0.2, -0.15) is 0 Å². The Morgan fingerprint density at radius 2 is 1.86 bits per heavy atom. The standard InChI is InChI=1S/C15H15F3N2O/c1-21-11-3-4-12(14(18)8-11)15(20-19)7-9-6-10(16)2-5-13(9)17/h2-6,8,15,20H,7,19H2,1H3. The Hall–Kier alpha value is -2.05. The molecule has 0 fully saturated rings. The van der Waals surface area contributed by atoms with Gasteiger partial charge in [0.25, 0.3) is 0 Å². The van der Waals surface area contributed by atoms with E-state index in [4.69, 9.17) is 10.6 Å². The first kappa shape index (κ1) is 15.3. The first-order valence-electron chi connectivity index (χ1n) is 6.28. The minimum absolute atomic E-state index is 0.0172. The molecule has 21 heavy (non-hydrogen) atoms. The molecular weight excluding hydrogens is 281 g/mol. The second kappa shape index (κ2) is 6.60. The minimum atomic E-state index is -0.688. The predicted molar refractivity (Wildman–Crippen MR) is 73.1 cm³/mol. The van der Waals surface area contributed by atoms with E-state index in [1.807, 2.05) is 0 Å². The monoisotopic (exact) mass is 296 g/mol. The van der Waals surface area contributed by atoms with Crippen molar-refractivity contribution in [2.45, 2.75) is 12.5 Å². The van der Waals surface area contributed by atoms with Crippen molar-refractivity contribution in [2.75, 3.05) is 7.11 Å². The van der Waals surface area contributed by atoms with E-state index in [1.165, 1.54) is 19.2 Å². The molecule has 6 heteroatoms. The van der Waals surface area contributed by atoms with Gasteiger partial charge in [-0.05, 0) is 36.2 Å². The second-order valence-electron chi connectivity index (χ2n) is 4.55. The van der Waals surface area contributed by atoms with E-state index in [0.29, 0.717) is 5.75 Å². The Labute approximate surface area is 120 Å². The van der Waals surface area contributed by atoms with Crippen molar-refractivity contribution in [3.8, 4) is 5.75 Å². The van der Waals surface area contributed by atoms with Crippen molar-refractivity contribution in [2.24, 2.45) is 5.84 Å². The van der Waals surface area contributed by atoms with Gasteiger partial charge < -0.3 is 4.74 Å². The Kier molecular flexibility index (Phi) is 4.82. The molecular formula is C15H15F3N2O. The van der Waals surface area contributed by atoms with Crippen molar-refractivity contribution in [3.63, 3.8) is 0 Å². The highest BCUT2D eigenvalue weighted by atomic mass is 19.1. The summed E-state index contributed by atoms with van der Waals surface area (Å²) >= 11 is 0. The lowest BCUT2D eigenvalue weighted by Gasteiger charge is -2.18. The Morgan fingerprint density at radius 1 is 1.10 bits per heavy atom. The summed E-state index contributed by atoms with van der Waals surface area (Å²) in [6.45, 7) is 0. The zero-order valence-electron chi connectivity index (χ0n) is 11.4. The van der Waals surface area contributed by atoms with Crippen LogP contribution in [-0.2, 0) is 6.42 Å². The summed E-state index contributed by atoms with van der Waals surface area (Å²) in [4.78, 5) is 0. The number of nitrogens with one attached hydrogen (secondary N) is 1. The number of hydrogen-bond acceptors (Lipinski definition) is 3. The molecule has 0 aliphatic rings. The van der Waals surface area contributed by atoms with Crippen molar-refractivity contribution in [1.82, 2.24) is 5.43 Å². The van der Waals surface area contributed by atoms with Crippen molar-refractivity contribution >= 4 is 0 Å². The maximum Gasteiger partial charge on any atom is 0.131 e. The number of rotatable bonds is 5. The molecule has 1 atom stereocenters. The molecule has 0 saturated carbocycles. The van der Waals surface area contributed by atoms with Gasteiger partial charge in [0.15, 0.2) is 0 Å². The van der Waals surface area contributed by atoms with Crippen LogP contribution in [0.1, 0.15) is 17.2 Å². The number of halogens is 3. The van der Waals surface area contributed by atoms with Crippen LogP contribution in [0.25, 0.3) is 0 Å². The van der Waals surface area contributed by atoms with Crippen LogP contribution in [0.5, 0.6) is 5.75 Å². The van der Waals surface area contributed by atoms with E-state index in [2.05, 4.69) is 5.43 Å². The van der Waals surface area contributed by atoms with Gasteiger partial charge in [-0.15, -0.1) is 0 Å². The van der Waals surface area contributed by atoms with Crippen molar-refractivity contribution in [3.05, 3.63) is 65.0 Å². The lowest BCUT2D eigenvalue weighted by atomic mass is 9.98. The van der Waals surface area contributed by atoms with Crippen molar-refractivity contribution in [1.29, 1.82) is 0 Å². The quantitative estimate of drug-likeness (QED) is 0.659. The first-order chi connectivity index (χ1) is 10.0. The highest BCUT2D eigenvalue weighted by molar-refractivity contribution is 5.32. The molecule has 2 rings (SSSR count). The maximum absolute atomic E-state index is 14.0. The highest BCUT2D eigenvalue weighted by Gasteiger charge is 2.18. The highest BCUT2D eigenvalue weighted by Crippen LogP contribution is 2.25. The first-order valence-corrected chi connectivity index (χ1v) is 6.28. The lowest BCUT2D eigenvalue weighted by Crippen LogP contribution is -2.30. The number of hydrogen-bond donors (Lipinski definition) is 2. The SMILES string of the molecule is COc1ccc(C(Cc2cc(F)ccc2F)NN)c(F)c1. The molecule has 0 heterocycles. The summed E-state index contributed by atoms with van der Waals surface area (Å²) in [5.74, 6) is 4.13. The van der Waals surface area contributed by atoms with E-state index < -0.39 is 23.5 Å². The fourth-order valence-corrected chi connectivity index (χ4v) is 2.10. The Balaban J connectivity index is 2.29. The van der Waals surface area contributed by atoms with Gasteiger partial charge >= 0.3 is 0 Å². The fourth-order valence-electron chi connectivity index (χ4n) is 2.10. The van der Waals surface area contributed by atoms with E-state index in [0.717, 1.165) is 18.2 Å². The lowest BCUT2D eigenvalue weighted by molar-refractivity contribution is 0.409. The molecule has 1 unspecified atom stereocenters. The molecule has 3 nitrogen and oxygen atoms in total. The van der Waals surface area contributed by atoms with E-state index in [-0.39, 0.29) is 17.5 Å². The van der Waals surface area contributed by atoms with Gasteiger partial charge in [0.2, 0.25) is 0 Å². The van der Waals surface area contributed by atoms with E-state index in [1.54, 1.807) is 6.07 Å². The second-order valence-corrected chi connectivity index (χ2v) is 4.55. The summed E-state index contributed by atoms with van der Waals surface area (Å²) in [6, 6.07) is 6.72. The fraction of sp³-hybridized carbons (Fsp3) is 0.200. The molecule has 3 N–H and O–H groups in total. The number of hydrazine groups is 1. The van der Waals surface area contributed by atoms with Gasteiger partial charge in [0.05, 0.1) is 13.2 Å². The van der Waals surface area contributed by atoms with Crippen LogP contribution in [0.4, 0.5) is 13.2 Å². The van der Waals surface area contributed by atoms with Crippen LogP contribution in [0.2, 0.25) is 0 Å². The predicted octanol–water partition coefficient (Wildman–Crippen LogP) is 2.86. The summed E-state index contributed by atoms with van der Waals surface area (Å²) < 4.78 is 45.8. The van der Waals surface area contributed by atoms with Crippen LogP contribution in [0, 0.1) is 17.5 Å². The van der Waals surface area contributed by atoms with E-state index in [9.17, 15) is 13.2 Å². The summed E-state index contributed by atoms with van der Waals surface area (Å²) in [6.07, 6.45) is 0.0172. The normalized spacial score (nSPS) is 12.2. The maximum atomic E-state index is 14.0. The van der Waals surface area contributed by atoms with Gasteiger partial charge in [0.1, 0.15) is 23.2 Å². The number of methoxy groups -OCH3 is 1. The van der Waals surface area contributed by atoms with E-state index >= 15 is 0 Å². The molecule has 2 aromatic carbocycles. The zero-order chi connectivity index (χ0) is 15.4. The average molecular weight is 296 g/mol. The third-order valence-electron chi connectivity index (χ3n) is 3.22. The molecule has 0 saturated heterocycles. The molecule has 0 aliphatic heterocycles. The van der Waals surface area contributed by atoms with Crippen LogP contribution < -0.4 is 16.0 Å². The average Bonchev–Trinajstić information content (AvgIpc) is 2.48. The van der Waals surface area contributed by atoms with Crippen molar-refractivity contribution < 1.29 is 17.9 Å². The number of benzene rings is 2. The third kappa shape index (κ3) is 3.53. The number of nitrogens with two attached hydrogens (primary N) is 1. The summed E-state index contributed by atoms with van der Waals surface area (Å²) in [7, 11) is 1.43. The van der Waals surface area contributed by atoms with Crippen LogP contribution in [0.15, 0.2) is 36.4 Å². The van der Waals surface area contributed by atoms with Crippen LogP contribution in [0.3, 0.4) is 0 Å². The van der Waals surface area contributed by atoms with Crippen LogP contribution in [-0.4, -0.2) is 7.11 Å². The van der Waals surface area contributed by atoms with Gasteiger partial charge in [-0.25, -0.2) is 13.2 Å².